The monoisotopic (exact) mass is 352 g/mol. The molecule has 2 atom stereocenters. The zero-order chi connectivity index (χ0) is 19.2. The van der Waals surface area contributed by atoms with Crippen LogP contribution in [0.1, 0.15) is 44.7 Å². The van der Waals surface area contributed by atoms with Crippen molar-refractivity contribution >= 4 is 0 Å². The van der Waals surface area contributed by atoms with E-state index >= 15 is 0 Å². The molecule has 0 saturated heterocycles. The van der Waals surface area contributed by atoms with Crippen LogP contribution in [0.3, 0.4) is 0 Å². The van der Waals surface area contributed by atoms with E-state index in [1.165, 1.54) is 17.7 Å². The Balaban J connectivity index is 2.09. The second-order valence-electron chi connectivity index (χ2n) is 7.53. The van der Waals surface area contributed by atoms with Gasteiger partial charge in [0, 0.05) is 12.6 Å². The van der Waals surface area contributed by atoms with E-state index in [1.54, 1.807) is 12.1 Å². The zero-order valence-corrected chi connectivity index (χ0v) is 16.2. The van der Waals surface area contributed by atoms with Gasteiger partial charge in [-0.2, -0.15) is 5.26 Å². The van der Waals surface area contributed by atoms with Crippen LogP contribution in [-0.4, -0.2) is 18.0 Å². The van der Waals surface area contributed by atoms with Crippen molar-refractivity contribution in [1.29, 1.82) is 5.26 Å². The van der Waals surface area contributed by atoms with Crippen LogP contribution in [0, 0.1) is 23.1 Å². The average molecular weight is 352 g/mol. The smallest absolute Gasteiger partial charge is 0.123 e. The third-order valence-corrected chi connectivity index (χ3v) is 5.53. The van der Waals surface area contributed by atoms with Crippen molar-refractivity contribution in [3.05, 3.63) is 71.5 Å². The highest BCUT2D eigenvalue weighted by molar-refractivity contribution is 5.33. The molecule has 0 aliphatic carbocycles. The highest BCUT2D eigenvalue weighted by atomic mass is 19.1. The molecule has 0 heterocycles. The third-order valence-electron chi connectivity index (χ3n) is 5.53. The quantitative estimate of drug-likeness (QED) is 0.623. The molecule has 3 heteroatoms. The van der Waals surface area contributed by atoms with Crippen molar-refractivity contribution in [3.63, 3.8) is 0 Å². The number of nitriles is 1. The van der Waals surface area contributed by atoms with Gasteiger partial charge in [-0.25, -0.2) is 4.39 Å². The van der Waals surface area contributed by atoms with Crippen LogP contribution in [0.15, 0.2) is 54.6 Å². The fourth-order valence-corrected chi connectivity index (χ4v) is 3.45. The Bertz CT molecular complexity index is 718. The molecule has 138 valence electrons. The van der Waals surface area contributed by atoms with E-state index in [9.17, 15) is 9.65 Å². The predicted molar refractivity (Wildman–Crippen MR) is 105 cm³/mol. The van der Waals surface area contributed by atoms with Gasteiger partial charge in [0.1, 0.15) is 5.82 Å². The minimum absolute atomic E-state index is 0.157. The largest absolute Gasteiger partial charge is 0.299 e. The predicted octanol–water partition coefficient (Wildman–Crippen LogP) is 5.54. The van der Waals surface area contributed by atoms with Gasteiger partial charge in [0.05, 0.1) is 11.5 Å². The lowest BCUT2D eigenvalue weighted by molar-refractivity contribution is 0.216. The summed E-state index contributed by atoms with van der Waals surface area (Å²) in [5.41, 5.74) is 1.61. The zero-order valence-electron chi connectivity index (χ0n) is 16.2. The Kier molecular flexibility index (Phi) is 6.94. The van der Waals surface area contributed by atoms with Gasteiger partial charge in [-0.1, -0.05) is 56.3 Å². The molecule has 0 saturated carbocycles. The second-order valence-corrected chi connectivity index (χ2v) is 7.53. The lowest BCUT2D eigenvalue weighted by Gasteiger charge is -2.34. The van der Waals surface area contributed by atoms with Crippen molar-refractivity contribution in [2.24, 2.45) is 5.92 Å². The number of halogens is 1. The second kappa shape index (κ2) is 8.96. The number of benzene rings is 2. The van der Waals surface area contributed by atoms with Crippen LogP contribution in [0.2, 0.25) is 0 Å². The van der Waals surface area contributed by atoms with Gasteiger partial charge < -0.3 is 0 Å². The number of hydrogen-bond donors (Lipinski definition) is 0. The maximum absolute atomic E-state index is 13.3. The van der Waals surface area contributed by atoms with Crippen molar-refractivity contribution in [1.82, 2.24) is 4.90 Å². The van der Waals surface area contributed by atoms with Crippen LogP contribution in [0.4, 0.5) is 4.39 Å². The molecule has 2 unspecified atom stereocenters. The van der Waals surface area contributed by atoms with Crippen LogP contribution in [0.5, 0.6) is 0 Å². The first kappa shape index (κ1) is 20.1. The highest BCUT2D eigenvalue weighted by Gasteiger charge is 2.36. The molecule has 0 amide bonds. The molecule has 0 N–H and O–H groups in total. The summed E-state index contributed by atoms with van der Waals surface area (Å²) >= 11 is 0. The number of hydrogen-bond acceptors (Lipinski definition) is 2. The lowest BCUT2D eigenvalue weighted by Crippen LogP contribution is -2.35. The Morgan fingerprint density at radius 3 is 2.19 bits per heavy atom. The van der Waals surface area contributed by atoms with Crippen LogP contribution in [-0.2, 0) is 12.0 Å². The van der Waals surface area contributed by atoms with Gasteiger partial charge in [0.2, 0.25) is 0 Å². The van der Waals surface area contributed by atoms with Crippen molar-refractivity contribution in [2.75, 3.05) is 7.05 Å². The van der Waals surface area contributed by atoms with Gasteiger partial charge in [-0.3, -0.25) is 4.90 Å². The minimum Gasteiger partial charge on any atom is -0.299 e. The summed E-state index contributed by atoms with van der Waals surface area (Å²) in [7, 11) is 2.12. The molecule has 2 aromatic rings. The van der Waals surface area contributed by atoms with E-state index < -0.39 is 5.41 Å². The van der Waals surface area contributed by atoms with Gasteiger partial charge in [0.25, 0.3) is 0 Å². The molecule has 2 aromatic carbocycles. The molecular weight excluding hydrogens is 323 g/mol. The number of nitrogens with zero attached hydrogens (tertiary/aromatic N) is 2. The summed E-state index contributed by atoms with van der Waals surface area (Å²) in [5, 5.41) is 10.00. The highest BCUT2D eigenvalue weighted by Crippen LogP contribution is 2.37. The molecule has 0 fully saturated rings. The van der Waals surface area contributed by atoms with Crippen molar-refractivity contribution < 1.29 is 4.39 Å². The maximum Gasteiger partial charge on any atom is 0.123 e. The summed E-state index contributed by atoms with van der Waals surface area (Å²) in [6.45, 7) is 7.24. The van der Waals surface area contributed by atoms with E-state index in [0.29, 0.717) is 6.04 Å². The molecule has 0 aliphatic rings. The first-order valence-electron chi connectivity index (χ1n) is 9.30. The van der Waals surface area contributed by atoms with Gasteiger partial charge in [-0.15, -0.1) is 0 Å². The number of rotatable bonds is 8. The topological polar surface area (TPSA) is 27.0 Å². The van der Waals surface area contributed by atoms with E-state index in [0.717, 1.165) is 24.9 Å². The van der Waals surface area contributed by atoms with Gasteiger partial charge >= 0.3 is 0 Å². The average Bonchev–Trinajstić information content (AvgIpc) is 2.64. The first-order valence-corrected chi connectivity index (χ1v) is 9.30. The van der Waals surface area contributed by atoms with E-state index in [1.807, 2.05) is 6.07 Å². The summed E-state index contributed by atoms with van der Waals surface area (Å²) in [5.74, 6) is -0.107. The van der Waals surface area contributed by atoms with Crippen molar-refractivity contribution in [2.45, 2.75) is 51.6 Å². The fourth-order valence-electron chi connectivity index (χ4n) is 3.45. The maximum atomic E-state index is 13.3. The van der Waals surface area contributed by atoms with Crippen LogP contribution in [0.25, 0.3) is 0 Å². The Hall–Kier alpha value is -2.18. The van der Waals surface area contributed by atoms with Gasteiger partial charge in [0.15, 0.2) is 0 Å². The Morgan fingerprint density at radius 1 is 1.04 bits per heavy atom. The molecule has 2 rings (SSSR count). The molecule has 0 radical (unpaired) electrons. The molecular formula is C23H29FN2. The standard InChI is InChI=1S/C23H29FN2/c1-18(2)23(17-25,21-10-12-22(24)13-11-21)15-14-19(3)26(4)16-20-8-6-5-7-9-20/h5-13,18-19H,14-16H2,1-4H3. The van der Waals surface area contributed by atoms with Crippen LogP contribution < -0.4 is 0 Å². The molecule has 0 spiro atoms. The fraction of sp³-hybridized carbons (Fsp3) is 0.435. The van der Waals surface area contributed by atoms with E-state index in [4.69, 9.17) is 0 Å². The lowest BCUT2D eigenvalue weighted by atomic mass is 9.69. The minimum atomic E-state index is -0.588. The normalized spacial score (nSPS) is 14.8. The van der Waals surface area contributed by atoms with Crippen molar-refractivity contribution in [3.8, 4) is 6.07 Å². The first-order chi connectivity index (χ1) is 12.4. The molecule has 2 nitrogen and oxygen atoms in total. The summed E-state index contributed by atoms with van der Waals surface area (Å²) < 4.78 is 13.3. The molecule has 0 aromatic heterocycles. The molecule has 26 heavy (non-hydrogen) atoms. The Labute approximate surface area is 157 Å². The SMILES string of the molecule is CC(CCC(C#N)(c1ccc(F)cc1)C(C)C)N(C)Cc1ccccc1. The molecule has 0 bridgehead atoms. The van der Waals surface area contributed by atoms with E-state index in [2.05, 4.69) is 63.1 Å². The Morgan fingerprint density at radius 2 is 1.65 bits per heavy atom. The summed E-state index contributed by atoms with van der Waals surface area (Å²) in [6, 6.07) is 19.7. The summed E-state index contributed by atoms with van der Waals surface area (Å²) in [4.78, 5) is 2.32. The van der Waals surface area contributed by atoms with Crippen LogP contribution >= 0.6 is 0 Å². The third kappa shape index (κ3) is 4.71. The summed E-state index contributed by atoms with van der Waals surface area (Å²) in [6.07, 6.45) is 1.67. The van der Waals surface area contributed by atoms with E-state index in [-0.39, 0.29) is 11.7 Å². The molecule has 0 aliphatic heterocycles. The van der Waals surface area contributed by atoms with Gasteiger partial charge in [-0.05, 0) is 56.0 Å².